The number of halogens is 2. The monoisotopic (exact) mass is 300 g/mol. The Morgan fingerprint density at radius 2 is 1.81 bits per heavy atom. The average molecular weight is 300 g/mol. The fraction of sp³-hybridized carbons (Fsp3) is 0.600. The lowest BCUT2D eigenvalue weighted by Crippen LogP contribution is -2.38. The Kier molecular flexibility index (Phi) is 5.76. The number of nitrogens with two attached hydrogens (primary N) is 1. The topological polar surface area (TPSA) is 47.7 Å². The molecule has 2 N–H and O–H groups in total. The van der Waals surface area contributed by atoms with E-state index in [2.05, 4.69) is 4.90 Å². The second-order valence-electron chi connectivity index (χ2n) is 5.30. The molecule has 0 unspecified atom stereocenters. The standard InChI is InChI=1S/C15H22F2N2O2/c1-20-14-8-12(16)13(17)9-15(14)21-10-11-2-5-19(6-3-11)7-4-18/h8-9,11H,2-7,10,18H2,1H3. The Labute approximate surface area is 123 Å². The van der Waals surface area contributed by atoms with Crippen molar-refractivity contribution in [3.8, 4) is 11.5 Å². The van der Waals surface area contributed by atoms with Gasteiger partial charge in [0, 0.05) is 25.2 Å². The molecule has 6 heteroatoms. The molecule has 118 valence electrons. The van der Waals surface area contributed by atoms with E-state index in [4.69, 9.17) is 15.2 Å². The molecule has 0 amide bonds. The maximum Gasteiger partial charge on any atom is 0.164 e. The van der Waals surface area contributed by atoms with Gasteiger partial charge in [-0.25, -0.2) is 8.78 Å². The summed E-state index contributed by atoms with van der Waals surface area (Å²) in [5.74, 6) is -0.982. The van der Waals surface area contributed by atoms with E-state index in [1.165, 1.54) is 7.11 Å². The zero-order valence-corrected chi connectivity index (χ0v) is 12.3. The largest absolute Gasteiger partial charge is 0.493 e. The lowest BCUT2D eigenvalue weighted by molar-refractivity contribution is 0.141. The van der Waals surface area contributed by atoms with E-state index in [-0.39, 0.29) is 11.5 Å². The van der Waals surface area contributed by atoms with E-state index >= 15 is 0 Å². The first-order valence-electron chi connectivity index (χ1n) is 7.22. The number of hydrogen-bond acceptors (Lipinski definition) is 4. The maximum atomic E-state index is 13.3. The summed E-state index contributed by atoms with van der Waals surface area (Å²) in [7, 11) is 1.41. The van der Waals surface area contributed by atoms with Crippen molar-refractivity contribution in [2.75, 3.05) is 39.9 Å². The molecule has 1 aromatic rings. The average Bonchev–Trinajstić information content (AvgIpc) is 2.49. The molecule has 1 saturated heterocycles. The van der Waals surface area contributed by atoms with Gasteiger partial charge in [-0.05, 0) is 31.8 Å². The summed E-state index contributed by atoms with van der Waals surface area (Å²) in [6, 6.07) is 2.05. The summed E-state index contributed by atoms with van der Waals surface area (Å²) >= 11 is 0. The first-order valence-corrected chi connectivity index (χ1v) is 7.22. The Balaban J connectivity index is 1.88. The number of rotatable bonds is 6. The van der Waals surface area contributed by atoms with Crippen molar-refractivity contribution in [3.05, 3.63) is 23.8 Å². The summed E-state index contributed by atoms with van der Waals surface area (Å²) < 4.78 is 37.0. The molecule has 0 saturated carbocycles. The quantitative estimate of drug-likeness (QED) is 0.873. The predicted molar refractivity (Wildman–Crippen MR) is 76.6 cm³/mol. The number of methoxy groups -OCH3 is 1. The molecular formula is C15H22F2N2O2. The van der Waals surface area contributed by atoms with Crippen molar-refractivity contribution < 1.29 is 18.3 Å². The summed E-state index contributed by atoms with van der Waals surface area (Å²) in [5, 5.41) is 0. The third kappa shape index (κ3) is 4.28. The van der Waals surface area contributed by atoms with Crippen LogP contribution in [0.4, 0.5) is 8.78 Å². The van der Waals surface area contributed by atoms with E-state index in [1.54, 1.807) is 0 Å². The molecule has 1 aliphatic rings. The second-order valence-corrected chi connectivity index (χ2v) is 5.30. The van der Waals surface area contributed by atoms with Gasteiger partial charge in [0.15, 0.2) is 23.1 Å². The summed E-state index contributed by atoms with van der Waals surface area (Å²) in [6.45, 7) is 4.08. The molecule has 0 radical (unpaired) electrons. The van der Waals surface area contributed by atoms with E-state index in [0.29, 0.717) is 19.1 Å². The third-order valence-electron chi connectivity index (χ3n) is 3.83. The molecule has 0 bridgehead atoms. The minimum atomic E-state index is -0.936. The van der Waals surface area contributed by atoms with E-state index in [0.717, 1.165) is 44.6 Å². The molecule has 1 heterocycles. The summed E-state index contributed by atoms with van der Waals surface area (Å²) in [6.07, 6.45) is 2.04. The van der Waals surface area contributed by atoms with Crippen molar-refractivity contribution in [2.24, 2.45) is 11.7 Å². The number of piperidine rings is 1. The Morgan fingerprint density at radius 1 is 1.19 bits per heavy atom. The van der Waals surface area contributed by atoms with Gasteiger partial charge in [-0.2, -0.15) is 0 Å². The van der Waals surface area contributed by atoms with Crippen molar-refractivity contribution in [3.63, 3.8) is 0 Å². The van der Waals surface area contributed by atoms with Crippen LogP contribution in [-0.4, -0.2) is 44.8 Å². The molecule has 4 nitrogen and oxygen atoms in total. The molecule has 1 aliphatic heterocycles. The number of benzene rings is 1. The second kappa shape index (κ2) is 7.56. The van der Waals surface area contributed by atoms with Crippen molar-refractivity contribution >= 4 is 0 Å². The fourth-order valence-electron chi connectivity index (χ4n) is 2.55. The Morgan fingerprint density at radius 3 is 2.38 bits per heavy atom. The van der Waals surface area contributed by atoms with E-state index < -0.39 is 11.6 Å². The van der Waals surface area contributed by atoms with Gasteiger partial charge in [0.25, 0.3) is 0 Å². The fourth-order valence-corrected chi connectivity index (χ4v) is 2.55. The van der Waals surface area contributed by atoms with Crippen molar-refractivity contribution in [1.82, 2.24) is 4.90 Å². The van der Waals surface area contributed by atoms with Gasteiger partial charge in [-0.15, -0.1) is 0 Å². The highest BCUT2D eigenvalue weighted by Crippen LogP contribution is 2.30. The molecule has 1 aromatic carbocycles. The number of likely N-dealkylation sites (tertiary alicyclic amines) is 1. The molecule has 0 spiro atoms. The van der Waals surface area contributed by atoms with Crippen LogP contribution in [0.5, 0.6) is 11.5 Å². The molecule has 21 heavy (non-hydrogen) atoms. The smallest absolute Gasteiger partial charge is 0.164 e. The Bertz CT molecular complexity index is 463. The van der Waals surface area contributed by atoms with Crippen LogP contribution in [0.2, 0.25) is 0 Å². The van der Waals surface area contributed by atoms with Gasteiger partial charge in [0.1, 0.15) is 0 Å². The summed E-state index contributed by atoms with van der Waals surface area (Å²) in [5.41, 5.74) is 5.54. The van der Waals surface area contributed by atoms with Crippen molar-refractivity contribution in [2.45, 2.75) is 12.8 Å². The number of nitrogens with zero attached hydrogens (tertiary/aromatic N) is 1. The molecule has 0 aromatic heterocycles. The molecule has 0 aliphatic carbocycles. The van der Waals surface area contributed by atoms with Crippen LogP contribution in [-0.2, 0) is 0 Å². The van der Waals surface area contributed by atoms with Crippen LogP contribution in [0.3, 0.4) is 0 Å². The van der Waals surface area contributed by atoms with Gasteiger partial charge in [-0.1, -0.05) is 0 Å². The Hall–Kier alpha value is -1.40. The molecule has 2 rings (SSSR count). The highest BCUT2D eigenvalue weighted by Gasteiger charge is 2.20. The van der Waals surface area contributed by atoms with E-state index in [1.807, 2.05) is 0 Å². The predicted octanol–water partition coefficient (Wildman–Crippen LogP) is 2.02. The van der Waals surface area contributed by atoms with Gasteiger partial charge in [-0.3, -0.25) is 0 Å². The van der Waals surface area contributed by atoms with Gasteiger partial charge in [0.2, 0.25) is 0 Å². The van der Waals surface area contributed by atoms with Crippen LogP contribution in [0.1, 0.15) is 12.8 Å². The third-order valence-corrected chi connectivity index (χ3v) is 3.83. The maximum absolute atomic E-state index is 13.3. The highest BCUT2D eigenvalue weighted by molar-refractivity contribution is 5.40. The lowest BCUT2D eigenvalue weighted by atomic mass is 9.98. The molecular weight excluding hydrogens is 278 g/mol. The van der Waals surface area contributed by atoms with E-state index in [9.17, 15) is 8.78 Å². The van der Waals surface area contributed by atoms with Crippen LogP contribution in [0.15, 0.2) is 12.1 Å². The SMILES string of the molecule is COc1cc(F)c(F)cc1OCC1CCN(CCN)CC1. The van der Waals surface area contributed by atoms with Gasteiger partial charge >= 0.3 is 0 Å². The van der Waals surface area contributed by atoms with Crippen LogP contribution in [0.25, 0.3) is 0 Å². The molecule has 1 fully saturated rings. The lowest BCUT2D eigenvalue weighted by Gasteiger charge is -2.31. The van der Waals surface area contributed by atoms with Crippen LogP contribution >= 0.6 is 0 Å². The van der Waals surface area contributed by atoms with Crippen LogP contribution in [0, 0.1) is 17.6 Å². The minimum Gasteiger partial charge on any atom is -0.493 e. The minimum absolute atomic E-state index is 0.217. The van der Waals surface area contributed by atoms with Gasteiger partial charge < -0.3 is 20.1 Å². The zero-order chi connectivity index (χ0) is 15.2. The normalized spacial score (nSPS) is 17.0. The summed E-state index contributed by atoms with van der Waals surface area (Å²) in [4.78, 5) is 2.33. The zero-order valence-electron chi connectivity index (χ0n) is 12.3. The highest BCUT2D eigenvalue weighted by atomic mass is 19.2. The first kappa shape index (κ1) is 16.0. The number of ether oxygens (including phenoxy) is 2. The first-order chi connectivity index (χ1) is 10.1. The molecule has 0 atom stereocenters. The van der Waals surface area contributed by atoms with Crippen molar-refractivity contribution in [1.29, 1.82) is 0 Å². The van der Waals surface area contributed by atoms with Gasteiger partial charge in [0.05, 0.1) is 13.7 Å². The van der Waals surface area contributed by atoms with Crippen LogP contribution < -0.4 is 15.2 Å². The number of hydrogen-bond donors (Lipinski definition) is 1.